The molecule has 1 aliphatic heterocycles. The number of hydrogen-bond acceptors (Lipinski definition) is 3. The van der Waals surface area contributed by atoms with Gasteiger partial charge in [0.15, 0.2) is 0 Å². The molecule has 1 atom stereocenters. The molecule has 6 nitrogen and oxygen atoms in total. The lowest BCUT2D eigenvalue weighted by Crippen LogP contribution is -2.57. The number of rotatable bonds is 3. The molecule has 1 aliphatic rings. The van der Waals surface area contributed by atoms with Crippen molar-refractivity contribution in [2.45, 2.75) is 47.2 Å². The molecule has 0 spiro atoms. The van der Waals surface area contributed by atoms with Crippen LogP contribution < -0.4 is 0 Å². The molecule has 1 unspecified atom stereocenters. The molecule has 0 N–H and O–H groups in total. The number of allylic oxidation sites excluding steroid dienone is 1. The summed E-state index contributed by atoms with van der Waals surface area (Å²) in [6.07, 6.45) is 1.63. The third-order valence-corrected chi connectivity index (χ3v) is 4.97. The number of carbonyl (C=O) groups is 2. The Morgan fingerprint density at radius 2 is 2.00 bits per heavy atom. The Kier molecular flexibility index (Phi) is 4.93. The maximum absolute atomic E-state index is 13.2. The Labute approximate surface area is 160 Å². The van der Waals surface area contributed by atoms with E-state index >= 15 is 0 Å². The van der Waals surface area contributed by atoms with Gasteiger partial charge in [-0.1, -0.05) is 32.9 Å². The van der Waals surface area contributed by atoms with E-state index in [2.05, 4.69) is 6.58 Å². The fourth-order valence-electron chi connectivity index (χ4n) is 3.62. The van der Waals surface area contributed by atoms with Crippen molar-refractivity contribution in [2.24, 2.45) is 5.41 Å². The van der Waals surface area contributed by atoms with Crippen LogP contribution in [0.1, 0.15) is 45.1 Å². The number of nitrogens with zero attached hydrogens (tertiary/aromatic N) is 3. The lowest BCUT2D eigenvalue weighted by molar-refractivity contribution is -0.143. The monoisotopic (exact) mass is 371 g/mol. The van der Waals surface area contributed by atoms with Crippen LogP contribution in [0.15, 0.2) is 35.0 Å². The van der Waals surface area contributed by atoms with E-state index in [1.807, 2.05) is 61.1 Å². The normalized spacial score (nSPS) is 18.2. The predicted molar refractivity (Wildman–Crippen MR) is 106 cm³/mol. The second kappa shape index (κ2) is 6.91. The molecule has 1 fully saturated rings. The highest BCUT2D eigenvalue weighted by Gasteiger charge is 2.35. The van der Waals surface area contributed by atoms with Crippen LogP contribution >= 0.6 is 0 Å². The maximum Gasteiger partial charge on any atom is 0.270 e. The molecule has 6 heteroatoms. The van der Waals surface area contributed by atoms with Gasteiger partial charge in [-0.2, -0.15) is 0 Å². The van der Waals surface area contributed by atoms with E-state index in [4.69, 9.17) is 4.42 Å². The summed E-state index contributed by atoms with van der Waals surface area (Å²) in [7, 11) is 0. The zero-order valence-corrected chi connectivity index (χ0v) is 16.9. The molecule has 27 heavy (non-hydrogen) atoms. The van der Waals surface area contributed by atoms with Crippen LogP contribution in [0.4, 0.5) is 0 Å². The van der Waals surface area contributed by atoms with E-state index < -0.39 is 5.41 Å². The van der Waals surface area contributed by atoms with Crippen molar-refractivity contribution in [1.29, 1.82) is 0 Å². The summed E-state index contributed by atoms with van der Waals surface area (Å²) in [5, 5.41) is 0.911. The zero-order chi connectivity index (χ0) is 19.9. The second-order valence-electron chi connectivity index (χ2n) is 8.60. The summed E-state index contributed by atoms with van der Waals surface area (Å²) >= 11 is 0. The average molecular weight is 371 g/mol. The highest BCUT2D eigenvalue weighted by Crippen LogP contribution is 2.25. The molecular weight excluding hydrogens is 342 g/mol. The van der Waals surface area contributed by atoms with Gasteiger partial charge in [-0.15, -0.1) is 0 Å². The zero-order valence-electron chi connectivity index (χ0n) is 16.9. The minimum Gasteiger partial charge on any atom is -0.448 e. The standard InChI is InChI=1S/C21H29N3O3/c1-14(2)12-24-17(11-16-7-10-27-19(16)24)18(25)22-8-9-23(15(3)13-22)20(26)21(4,5)6/h7,10-11,15H,1,8-9,12-13H2,2-6H3. The number of piperazine rings is 1. The maximum atomic E-state index is 13.2. The third kappa shape index (κ3) is 3.66. The first-order valence-corrected chi connectivity index (χ1v) is 9.41. The molecule has 0 bridgehead atoms. The molecule has 1 saturated heterocycles. The van der Waals surface area contributed by atoms with Crippen LogP contribution in [-0.2, 0) is 11.3 Å². The summed E-state index contributed by atoms with van der Waals surface area (Å²) in [6.45, 7) is 15.8. The first kappa shape index (κ1) is 19.3. The van der Waals surface area contributed by atoms with Gasteiger partial charge in [-0.05, 0) is 26.0 Å². The molecule has 2 amide bonds. The topological polar surface area (TPSA) is 58.7 Å². The van der Waals surface area contributed by atoms with Gasteiger partial charge in [0, 0.05) is 43.0 Å². The molecule has 3 rings (SSSR count). The van der Waals surface area contributed by atoms with Crippen molar-refractivity contribution >= 4 is 22.9 Å². The van der Waals surface area contributed by atoms with Crippen molar-refractivity contribution in [1.82, 2.24) is 14.4 Å². The lowest BCUT2D eigenvalue weighted by Gasteiger charge is -2.42. The smallest absolute Gasteiger partial charge is 0.270 e. The van der Waals surface area contributed by atoms with Gasteiger partial charge >= 0.3 is 0 Å². The van der Waals surface area contributed by atoms with Crippen LogP contribution in [0.25, 0.3) is 11.1 Å². The third-order valence-electron chi connectivity index (χ3n) is 4.97. The quantitative estimate of drug-likeness (QED) is 0.776. The summed E-state index contributed by atoms with van der Waals surface area (Å²) in [6, 6.07) is 3.73. The highest BCUT2D eigenvalue weighted by atomic mass is 16.3. The fraction of sp³-hybridized carbons (Fsp3) is 0.524. The van der Waals surface area contributed by atoms with Gasteiger partial charge in [-0.25, -0.2) is 0 Å². The minimum absolute atomic E-state index is 0.0121. The SMILES string of the molecule is C=C(C)Cn1c(C(=O)N2CCN(C(=O)C(C)(C)C)C(C)C2)cc2ccoc21. The summed E-state index contributed by atoms with van der Waals surface area (Å²) < 4.78 is 7.46. The van der Waals surface area contributed by atoms with Crippen LogP contribution in [0.2, 0.25) is 0 Å². The molecule has 2 aromatic heterocycles. The number of amides is 2. The number of furan rings is 1. The van der Waals surface area contributed by atoms with Crippen molar-refractivity contribution < 1.29 is 14.0 Å². The fourth-order valence-corrected chi connectivity index (χ4v) is 3.62. The van der Waals surface area contributed by atoms with Gasteiger partial charge in [0.1, 0.15) is 5.69 Å². The number of carbonyl (C=O) groups excluding carboxylic acids is 2. The van der Waals surface area contributed by atoms with Gasteiger partial charge < -0.3 is 18.8 Å². The minimum atomic E-state index is -0.416. The second-order valence-corrected chi connectivity index (χ2v) is 8.60. The van der Waals surface area contributed by atoms with E-state index in [-0.39, 0.29) is 17.9 Å². The predicted octanol–water partition coefficient (Wildman–Crippen LogP) is 3.53. The van der Waals surface area contributed by atoms with Crippen LogP contribution in [0.5, 0.6) is 0 Å². The Balaban J connectivity index is 1.82. The first-order chi connectivity index (χ1) is 12.6. The van der Waals surface area contributed by atoms with Gasteiger partial charge in [0.05, 0.1) is 6.26 Å². The molecule has 0 aromatic carbocycles. The van der Waals surface area contributed by atoms with E-state index in [0.29, 0.717) is 37.6 Å². The van der Waals surface area contributed by atoms with E-state index in [9.17, 15) is 9.59 Å². The Morgan fingerprint density at radius 3 is 2.59 bits per heavy atom. The van der Waals surface area contributed by atoms with Gasteiger partial charge in [-0.3, -0.25) is 9.59 Å². The lowest BCUT2D eigenvalue weighted by atomic mass is 9.93. The van der Waals surface area contributed by atoms with Crippen LogP contribution in [0.3, 0.4) is 0 Å². The van der Waals surface area contributed by atoms with E-state index in [1.165, 1.54) is 0 Å². The van der Waals surface area contributed by atoms with Crippen molar-refractivity contribution in [3.8, 4) is 0 Å². The Hall–Kier alpha value is -2.50. The number of hydrogen-bond donors (Lipinski definition) is 0. The molecule has 0 saturated carbocycles. The largest absolute Gasteiger partial charge is 0.448 e. The Bertz CT molecular complexity index is 884. The van der Waals surface area contributed by atoms with E-state index in [1.54, 1.807) is 6.26 Å². The number of aromatic nitrogens is 1. The first-order valence-electron chi connectivity index (χ1n) is 9.41. The molecule has 0 aliphatic carbocycles. The van der Waals surface area contributed by atoms with Gasteiger partial charge in [0.2, 0.25) is 11.6 Å². The van der Waals surface area contributed by atoms with Crippen LogP contribution in [-0.4, -0.2) is 51.9 Å². The summed E-state index contributed by atoms with van der Waals surface area (Å²) in [5.41, 5.74) is 1.83. The van der Waals surface area contributed by atoms with Crippen molar-refractivity contribution in [3.63, 3.8) is 0 Å². The van der Waals surface area contributed by atoms with Gasteiger partial charge in [0.25, 0.3) is 5.91 Å². The van der Waals surface area contributed by atoms with Crippen LogP contribution in [0, 0.1) is 5.41 Å². The molecule has 2 aromatic rings. The molecule has 0 radical (unpaired) electrons. The summed E-state index contributed by atoms with van der Waals surface area (Å²) in [4.78, 5) is 29.6. The molecule has 3 heterocycles. The molecule has 146 valence electrons. The highest BCUT2D eigenvalue weighted by molar-refractivity contribution is 5.98. The van der Waals surface area contributed by atoms with Crippen molar-refractivity contribution in [2.75, 3.05) is 19.6 Å². The Morgan fingerprint density at radius 1 is 1.30 bits per heavy atom. The number of fused-ring (bicyclic) bond motifs is 1. The molecular formula is C21H29N3O3. The average Bonchev–Trinajstić information content (AvgIpc) is 3.15. The van der Waals surface area contributed by atoms with Crippen molar-refractivity contribution in [3.05, 3.63) is 36.2 Å². The summed E-state index contributed by atoms with van der Waals surface area (Å²) in [5.74, 6) is 0.0997. The van der Waals surface area contributed by atoms with E-state index in [0.717, 1.165) is 11.0 Å².